The van der Waals surface area contributed by atoms with Crippen molar-refractivity contribution in [2.24, 2.45) is 5.92 Å². The van der Waals surface area contributed by atoms with Gasteiger partial charge in [-0.05, 0) is 36.6 Å². The van der Waals surface area contributed by atoms with E-state index < -0.39 is 0 Å². The smallest absolute Gasteiger partial charge is 0.226 e. The van der Waals surface area contributed by atoms with Gasteiger partial charge in [0.15, 0.2) is 0 Å². The monoisotopic (exact) mass is 308 g/mol. The largest absolute Gasteiger partial charge is 0.493 e. The van der Waals surface area contributed by atoms with Crippen molar-refractivity contribution in [3.8, 4) is 5.75 Å². The van der Waals surface area contributed by atoms with Crippen LogP contribution in [0, 0.1) is 5.92 Å². The molecule has 0 spiro atoms. The number of benzene rings is 1. The van der Waals surface area contributed by atoms with E-state index in [4.69, 9.17) is 4.74 Å². The summed E-state index contributed by atoms with van der Waals surface area (Å²) in [5.74, 6) is 1.60. The van der Waals surface area contributed by atoms with Gasteiger partial charge in [0, 0.05) is 36.8 Å². The molecule has 0 radical (unpaired) electrons. The Morgan fingerprint density at radius 1 is 1.13 bits per heavy atom. The molecule has 1 unspecified atom stereocenters. The molecule has 4 heteroatoms. The maximum Gasteiger partial charge on any atom is 0.226 e. The zero-order chi connectivity index (χ0) is 15.6. The number of nitrogens with zero attached hydrogens (tertiary/aromatic N) is 2. The van der Waals surface area contributed by atoms with Gasteiger partial charge in [0.25, 0.3) is 0 Å². The molecular weight excluding hydrogens is 288 g/mol. The number of amides is 1. The summed E-state index contributed by atoms with van der Waals surface area (Å²) in [6.07, 6.45) is 3.39. The summed E-state index contributed by atoms with van der Waals surface area (Å²) in [5.41, 5.74) is 2.23. The number of likely N-dealkylation sites (tertiary alicyclic amines) is 1. The fourth-order valence-corrected chi connectivity index (χ4v) is 3.42. The zero-order valence-electron chi connectivity index (χ0n) is 13.0. The maximum atomic E-state index is 12.8. The Labute approximate surface area is 136 Å². The summed E-state index contributed by atoms with van der Waals surface area (Å²) >= 11 is 0. The van der Waals surface area contributed by atoms with E-state index in [1.807, 2.05) is 47.5 Å². The van der Waals surface area contributed by atoms with E-state index in [1.165, 1.54) is 0 Å². The Bertz CT molecular complexity index is 696. The lowest BCUT2D eigenvalue weighted by Gasteiger charge is -2.40. The third-order valence-electron chi connectivity index (χ3n) is 4.81. The van der Waals surface area contributed by atoms with Gasteiger partial charge in [-0.25, -0.2) is 0 Å². The summed E-state index contributed by atoms with van der Waals surface area (Å²) in [4.78, 5) is 19.1. The molecule has 2 aliphatic rings. The van der Waals surface area contributed by atoms with E-state index >= 15 is 0 Å². The van der Waals surface area contributed by atoms with E-state index in [0.29, 0.717) is 12.5 Å². The Hall–Kier alpha value is -2.36. The lowest BCUT2D eigenvalue weighted by Crippen LogP contribution is -2.51. The Morgan fingerprint density at radius 3 is 2.78 bits per heavy atom. The predicted octanol–water partition coefficient (Wildman–Crippen LogP) is 2.65. The number of carbonyl (C=O) groups excluding carboxylic acids is 1. The maximum absolute atomic E-state index is 12.8. The number of aromatic nitrogens is 1. The second kappa shape index (κ2) is 6.03. The third-order valence-corrected chi connectivity index (χ3v) is 4.81. The van der Waals surface area contributed by atoms with E-state index in [1.54, 1.807) is 0 Å². The molecule has 0 saturated carbocycles. The SMILES string of the molecule is O=C(C1CCOc2ccccc2C1)N1CC(c2ccccn2)C1. The van der Waals surface area contributed by atoms with Gasteiger partial charge < -0.3 is 9.64 Å². The molecule has 1 aromatic carbocycles. The van der Waals surface area contributed by atoms with Gasteiger partial charge in [-0.1, -0.05) is 24.3 Å². The molecule has 23 heavy (non-hydrogen) atoms. The van der Waals surface area contributed by atoms with Crippen LogP contribution in [0.25, 0.3) is 0 Å². The van der Waals surface area contributed by atoms with Crippen LogP contribution >= 0.6 is 0 Å². The third kappa shape index (κ3) is 2.81. The van der Waals surface area contributed by atoms with Crippen molar-refractivity contribution in [3.05, 3.63) is 59.9 Å². The van der Waals surface area contributed by atoms with Crippen molar-refractivity contribution in [1.82, 2.24) is 9.88 Å². The number of fused-ring (bicyclic) bond motifs is 1. The molecular formula is C19H20N2O2. The van der Waals surface area contributed by atoms with Crippen LogP contribution in [0.2, 0.25) is 0 Å². The highest BCUT2D eigenvalue weighted by molar-refractivity contribution is 5.80. The first-order valence-electron chi connectivity index (χ1n) is 8.21. The molecule has 1 fully saturated rings. The normalized spacial score (nSPS) is 20.9. The average Bonchev–Trinajstić information content (AvgIpc) is 2.76. The molecule has 4 rings (SSSR count). The topological polar surface area (TPSA) is 42.4 Å². The van der Waals surface area contributed by atoms with Gasteiger partial charge in [-0.15, -0.1) is 0 Å². The first kappa shape index (κ1) is 14.2. The molecule has 1 amide bonds. The first-order valence-corrected chi connectivity index (χ1v) is 8.21. The molecule has 3 heterocycles. The fourth-order valence-electron chi connectivity index (χ4n) is 3.42. The van der Waals surface area contributed by atoms with Crippen LogP contribution in [0.3, 0.4) is 0 Å². The Morgan fingerprint density at radius 2 is 1.96 bits per heavy atom. The fraction of sp³-hybridized carbons (Fsp3) is 0.368. The second-order valence-electron chi connectivity index (χ2n) is 6.34. The minimum atomic E-state index is 0.0309. The first-order chi connectivity index (χ1) is 11.3. The number of para-hydroxylation sites is 1. The highest BCUT2D eigenvalue weighted by Crippen LogP contribution is 2.31. The van der Waals surface area contributed by atoms with E-state index in [9.17, 15) is 4.79 Å². The van der Waals surface area contributed by atoms with Crippen molar-refractivity contribution in [2.75, 3.05) is 19.7 Å². The Kier molecular flexibility index (Phi) is 3.74. The van der Waals surface area contributed by atoms with Gasteiger partial charge >= 0.3 is 0 Å². The van der Waals surface area contributed by atoms with Crippen LogP contribution in [-0.2, 0) is 11.2 Å². The van der Waals surface area contributed by atoms with Gasteiger partial charge in [-0.2, -0.15) is 0 Å². The van der Waals surface area contributed by atoms with Crippen LogP contribution in [0.15, 0.2) is 48.7 Å². The molecule has 1 aromatic heterocycles. The van der Waals surface area contributed by atoms with Gasteiger partial charge in [-0.3, -0.25) is 9.78 Å². The predicted molar refractivity (Wildman–Crippen MR) is 87.3 cm³/mol. The van der Waals surface area contributed by atoms with E-state index in [-0.39, 0.29) is 11.8 Å². The molecule has 0 aliphatic carbocycles. The summed E-state index contributed by atoms with van der Waals surface area (Å²) in [5, 5.41) is 0. The minimum absolute atomic E-state index is 0.0309. The highest BCUT2D eigenvalue weighted by Gasteiger charge is 2.36. The van der Waals surface area contributed by atoms with E-state index in [2.05, 4.69) is 11.1 Å². The molecule has 1 saturated heterocycles. The molecule has 118 valence electrons. The van der Waals surface area contributed by atoms with Gasteiger partial charge in [0.05, 0.1) is 6.61 Å². The number of rotatable bonds is 2. The van der Waals surface area contributed by atoms with Crippen LogP contribution in [-0.4, -0.2) is 35.5 Å². The van der Waals surface area contributed by atoms with Crippen molar-refractivity contribution < 1.29 is 9.53 Å². The molecule has 1 atom stereocenters. The zero-order valence-corrected chi connectivity index (χ0v) is 13.0. The van der Waals surface area contributed by atoms with Gasteiger partial charge in [0.1, 0.15) is 5.75 Å². The lowest BCUT2D eigenvalue weighted by atomic mass is 9.90. The number of hydrogen-bond acceptors (Lipinski definition) is 3. The number of ether oxygens (including phenoxy) is 1. The summed E-state index contributed by atoms with van der Waals surface area (Å²) in [7, 11) is 0. The molecule has 4 nitrogen and oxygen atoms in total. The van der Waals surface area contributed by atoms with Crippen molar-refractivity contribution in [2.45, 2.75) is 18.8 Å². The number of hydrogen-bond donors (Lipinski definition) is 0. The van der Waals surface area contributed by atoms with E-state index in [0.717, 1.165) is 42.9 Å². The van der Waals surface area contributed by atoms with Crippen LogP contribution < -0.4 is 4.74 Å². The summed E-state index contributed by atoms with van der Waals surface area (Å²) in [6.45, 7) is 2.19. The number of pyridine rings is 1. The van der Waals surface area contributed by atoms with Crippen molar-refractivity contribution >= 4 is 5.91 Å². The van der Waals surface area contributed by atoms with Crippen LogP contribution in [0.1, 0.15) is 23.6 Å². The highest BCUT2D eigenvalue weighted by atomic mass is 16.5. The summed E-state index contributed by atoms with van der Waals surface area (Å²) < 4.78 is 5.77. The van der Waals surface area contributed by atoms with Crippen LogP contribution in [0.5, 0.6) is 5.75 Å². The van der Waals surface area contributed by atoms with Crippen molar-refractivity contribution in [1.29, 1.82) is 0 Å². The van der Waals surface area contributed by atoms with Gasteiger partial charge in [0.2, 0.25) is 5.91 Å². The molecule has 2 aromatic rings. The average molecular weight is 308 g/mol. The minimum Gasteiger partial charge on any atom is -0.493 e. The lowest BCUT2D eigenvalue weighted by molar-refractivity contribution is -0.140. The quantitative estimate of drug-likeness (QED) is 0.856. The molecule has 0 bridgehead atoms. The standard InChI is InChI=1S/C19H20N2O2/c22-19(21-12-16(13-21)17-6-3-4-9-20-17)15-8-10-23-18-7-2-1-5-14(18)11-15/h1-7,9,15-16H,8,10-13H2. The molecule has 2 aliphatic heterocycles. The second-order valence-corrected chi connectivity index (χ2v) is 6.34. The summed E-state index contributed by atoms with van der Waals surface area (Å²) in [6, 6.07) is 14.0. The Balaban J connectivity index is 1.41. The van der Waals surface area contributed by atoms with Crippen LogP contribution in [0.4, 0.5) is 0 Å². The van der Waals surface area contributed by atoms with Crippen molar-refractivity contribution in [3.63, 3.8) is 0 Å². The molecule has 0 N–H and O–H groups in total. The number of carbonyl (C=O) groups is 1.